The summed E-state index contributed by atoms with van der Waals surface area (Å²) in [6, 6.07) is 1.97. The number of aromatic nitrogens is 3. The van der Waals surface area contributed by atoms with Gasteiger partial charge in [0, 0.05) is 17.6 Å². The van der Waals surface area contributed by atoms with Gasteiger partial charge in [0.2, 0.25) is 0 Å². The molecule has 0 aromatic carbocycles. The molecule has 1 N–H and O–H groups in total. The largest absolute Gasteiger partial charge is 0.598 e. The fourth-order valence-corrected chi connectivity index (χ4v) is 3.51. The van der Waals surface area contributed by atoms with Gasteiger partial charge >= 0.3 is 0 Å². The molecule has 0 bridgehead atoms. The molecule has 22 heavy (non-hydrogen) atoms. The Morgan fingerprint density at radius 2 is 2.14 bits per heavy atom. The lowest BCUT2D eigenvalue weighted by Gasteiger charge is -2.25. The summed E-state index contributed by atoms with van der Waals surface area (Å²) in [6.07, 6.45) is 4.56. The first-order valence-corrected chi connectivity index (χ1v) is 9.44. The Balaban J connectivity index is 1.86. The van der Waals surface area contributed by atoms with Crippen molar-refractivity contribution in [2.24, 2.45) is 0 Å². The molecule has 1 fully saturated rings. The number of hydrogen-bond donors (Lipinski definition) is 1. The Morgan fingerprint density at radius 1 is 1.45 bits per heavy atom. The van der Waals surface area contributed by atoms with Gasteiger partial charge in [-0.3, -0.25) is 0 Å². The molecule has 0 aliphatic heterocycles. The molecule has 0 radical (unpaired) electrons. The van der Waals surface area contributed by atoms with E-state index >= 15 is 0 Å². The second kappa shape index (κ2) is 5.78. The first-order chi connectivity index (χ1) is 10.3. The highest BCUT2D eigenvalue weighted by Crippen LogP contribution is 2.41. The highest BCUT2D eigenvalue weighted by molar-refractivity contribution is 9.10. The zero-order valence-corrected chi connectivity index (χ0v) is 15.7. The number of halogens is 1. The second-order valence-corrected chi connectivity index (χ2v) is 9.71. The summed E-state index contributed by atoms with van der Waals surface area (Å²) in [6.45, 7) is 7.77. The molecular formula is C15H21BrN4OS. The van der Waals surface area contributed by atoms with Crippen LogP contribution in [-0.4, -0.2) is 23.9 Å². The number of nitrogens with one attached hydrogen (secondary N) is 1. The molecule has 1 aliphatic rings. The molecule has 2 atom stereocenters. The van der Waals surface area contributed by atoms with Crippen molar-refractivity contribution in [2.45, 2.75) is 57.2 Å². The minimum absolute atomic E-state index is 0.170. The summed E-state index contributed by atoms with van der Waals surface area (Å²) >= 11 is 2.44. The van der Waals surface area contributed by atoms with Crippen LogP contribution in [0.5, 0.6) is 0 Å². The molecule has 120 valence electrons. The highest BCUT2D eigenvalue weighted by atomic mass is 79.9. The van der Waals surface area contributed by atoms with Crippen molar-refractivity contribution in [1.82, 2.24) is 19.3 Å². The van der Waals surface area contributed by atoms with E-state index in [9.17, 15) is 4.55 Å². The van der Waals surface area contributed by atoms with Gasteiger partial charge in [0.05, 0.1) is 4.47 Å². The molecule has 0 saturated heterocycles. The zero-order chi connectivity index (χ0) is 16.1. The summed E-state index contributed by atoms with van der Waals surface area (Å²) in [7, 11) is 0. The van der Waals surface area contributed by atoms with E-state index < -0.39 is 11.4 Å². The van der Waals surface area contributed by atoms with Crippen molar-refractivity contribution in [1.29, 1.82) is 0 Å². The van der Waals surface area contributed by atoms with Gasteiger partial charge in [-0.05, 0) is 74.0 Å². The van der Waals surface area contributed by atoms with Crippen LogP contribution in [-0.2, 0) is 11.4 Å². The first-order valence-electron chi connectivity index (χ1n) is 7.49. The molecule has 2 aromatic rings. The Bertz CT molecular complexity index is 693. The van der Waals surface area contributed by atoms with Gasteiger partial charge in [-0.2, -0.15) is 0 Å². The predicted octanol–water partition coefficient (Wildman–Crippen LogP) is 3.48. The molecule has 1 aliphatic carbocycles. The molecule has 2 heterocycles. The predicted molar refractivity (Wildman–Crippen MR) is 92.1 cm³/mol. The van der Waals surface area contributed by atoms with Crippen LogP contribution >= 0.6 is 15.9 Å². The zero-order valence-electron chi connectivity index (χ0n) is 13.3. The van der Waals surface area contributed by atoms with Gasteiger partial charge in [-0.25, -0.2) is 9.50 Å². The maximum absolute atomic E-state index is 12.2. The van der Waals surface area contributed by atoms with E-state index in [-0.39, 0.29) is 10.8 Å². The first kappa shape index (κ1) is 16.2. The van der Waals surface area contributed by atoms with Crippen LogP contribution in [0, 0.1) is 0 Å². The van der Waals surface area contributed by atoms with Gasteiger partial charge in [0.1, 0.15) is 10.8 Å². The number of pyridine rings is 1. The highest BCUT2D eigenvalue weighted by Gasteiger charge is 2.30. The van der Waals surface area contributed by atoms with Gasteiger partial charge < -0.3 is 4.55 Å². The van der Waals surface area contributed by atoms with E-state index in [0.29, 0.717) is 11.7 Å². The third-order valence-electron chi connectivity index (χ3n) is 3.70. The Hall–Kier alpha value is -0.630. The normalized spacial score (nSPS) is 18.6. The minimum atomic E-state index is -1.15. The van der Waals surface area contributed by atoms with E-state index in [1.54, 1.807) is 0 Å². The average Bonchev–Trinajstić information content (AvgIpc) is 3.17. The molecule has 7 heteroatoms. The van der Waals surface area contributed by atoms with Crippen molar-refractivity contribution in [3.63, 3.8) is 0 Å². The van der Waals surface area contributed by atoms with Gasteiger partial charge in [-0.1, -0.05) is 0 Å². The molecule has 2 aromatic heterocycles. The van der Waals surface area contributed by atoms with Crippen molar-refractivity contribution in [3.8, 4) is 0 Å². The van der Waals surface area contributed by atoms with Crippen LogP contribution in [0.1, 0.15) is 63.9 Å². The quantitative estimate of drug-likeness (QED) is 0.819. The third kappa shape index (κ3) is 3.32. The third-order valence-corrected chi connectivity index (χ3v) is 5.97. The Morgan fingerprint density at radius 3 is 2.73 bits per heavy atom. The summed E-state index contributed by atoms with van der Waals surface area (Å²) in [5.41, 5.74) is 2.10. The van der Waals surface area contributed by atoms with E-state index in [2.05, 4.69) is 43.0 Å². The summed E-state index contributed by atoms with van der Waals surface area (Å²) in [5, 5.41) is 4.56. The number of fused-ring (bicyclic) bond motifs is 1. The minimum Gasteiger partial charge on any atom is -0.598 e. The smallest absolute Gasteiger partial charge is 0.172 e. The van der Waals surface area contributed by atoms with Crippen molar-refractivity contribution in [2.75, 3.05) is 0 Å². The van der Waals surface area contributed by atoms with Crippen LogP contribution in [0.25, 0.3) is 5.65 Å². The van der Waals surface area contributed by atoms with Crippen LogP contribution < -0.4 is 4.72 Å². The van der Waals surface area contributed by atoms with Crippen LogP contribution in [0.15, 0.2) is 16.7 Å². The Labute approximate surface area is 142 Å². The molecule has 3 rings (SSSR count). The standard InChI is InChI=1S/C15H21BrN4OS/c1-9(19-22(21)15(2,3)4)13-17-14-12(16)7-11(10-5-6-10)8-20(14)18-13/h7-10,19H,5-6H2,1-4H3/t9-,22?/m0/s1. The molecule has 0 amide bonds. The lowest BCUT2D eigenvalue weighted by atomic mass is 10.2. The summed E-state index contributed by atoms with van der Waals surface area (Å²) in [5.74, 6) is 1.32. The molecule has 5 nitrogen and oxygen atoms in total. The lowest BCUT2D eigenvalue weighted by Crippen LogP contribution is -2.40. The van der Waals surface area contributed by atoms with Crippen molar-refractivity contribution in [3.05, 3.63) is 28.1 Å². The van der Waals surface area contributed by atoms with E-state index in [1.165, 1.54) is 18.4 Å². The van der Waals surface area contributed by atoms with Crippen LogP contribution in [0.2, 0.25) is 0 Å². The lowest BCUT2D eigenvalue weighted by molar-refractivity contribution is 0.526. The maximum atomic E-state index is 12.2. The molecule has 1 saturated carbocycles. The fraction of sp³-hybridized carbons (Fsp3) is 0.600. The second-order valence-electron chi connectivity index (χ2n) is 6.85. The van der Waals surface area contributed by atoms with E-state index in [4.69, 9.17) is 0 Å². The topological polar surface area (TPSA) is 65.3 Å². The average molecular weight is 385 g/mol. The van der Waals surface area contributed by atoms with Gasteiger partial charge in [0.25, 0.3) is 0 Å². The number of rotatable bonds is 4. The van der Waals surface area contributed by atoms with E-state index in [1.807, 2.05) is 32.2 Å². The monoisotopic (exact) mass is 384 g/mol. The SMILES string of the molecule is C[C@H](N[S+]([O-])C(C)(C)C)c1nc2c(Br)cc(C3CC3)cn2n1. The number of nitrogens with zero attached hydrogens (tertiary/aromatic N) is 3. The van der Waals surface area contributed by atoms with Crippen LogP contribution in [0.4, 0.5) is 0 Å². The molecular weight excluding hydrogens is 364 g/mol. The van der Waals surface area contributed by atoms with E-state index in [0.717, 1.165) is 10.1 Å². The van der Waals surface area contributed by atoms with Gasteiger partial charge in [-0.15, -0.1) is 9.82 Å². The summed E-state index contributed by atoms with van der Waals surface area (Å²) in [4.78, 5) is 4.58. The molecule has 0 spiro atoms. The molecule has 1 unspecified atom stereocenters. The maximum Gasteiger partial charge on any atom is 0.172 e. The summed E-state index contributed by atoms with van der Waals surface area (Å²) < 4.78 is 17.8. The Kier molecular flexibility index (Phi) is 4.26. The van der Waals surface area contributed by atoms with Crippen LogP contribution in [0.3, 0.4) is 0 Å². The fourth-order valence-electron chi connectivity index (χ4n) is 2.20. The van der Waals surface area contributed by atoms with Crippen molar-refractivity contribution < 1.29 is 4.55 Å². The number of hydrogen-bond acceptors (Lipinski definition) is 4. The van der Waals surface area contributed by atoms with Crippen molar-refractivity contribution >= 4 is 32.9 Å². The van der Waals surface area contributed by atoms with Gasteiger partial charge in [0.15, 0.2) is 11.5 Å².